The number of nitrogens with zero attached hydrogens (tertiary/aromatic N) is 1. The van der Waals surface area contributed by atoms with Crippen LogP contribution in [0.4, 0.5) is 0 Å². The number of ketones is 1. The number of hydrogen-bond acceptors (Lipinski definition) is 2. The van der Waals surface area contributed by atoms with E-state index >= 15 is 0 Å². The molecule has 3 aromatic rings. The van der Waals surface area contributed by atoms with E-state index in [0.717, 1.165) is 51.6 Å². The van der Waals surface area contributed by atoms with Crippen LogP contribution in [0.1, 0.15) is 34.6 Å². The van der Waals surface area contributed by atoms with Crippen LogP contribution in [0.5, 0.6) is 0 Å². The minimum absolute atomic E-state index is 0.239. The summed E-state index contributed by atoms with van der Waals surface area (Å²) in [6.07, 6.45) is 2.48. The zero-order chi connectivity index (χ0) is 13.0. The quantitative estimate of drug-likeness (QED) is 0.663. The molecule has 2 heterocycles. The Morgan fingerprint density at radius 3 is 2.95 bits per heavy atom. The number of para-hydroxylation sites is 1. The molecule has 0 spiro atoms. The summed E-state index contributed by atoms with van der Waals surface area (Å²) in [6.45, 7) is 2.01. The fraction of sp³-hybridized carbons (Fsp3) is 0.250. The van der Waals surface area contributed by atoms with E-state index in [1.165, 1.54) is 0 Å². The van der Waals surface area contributed by atoms with Gasteiger partial charge in [-0.25, -0.2) is 0 Å². The topological polar surface area (TPSA) is 45.8 Å². The Kier molecular flexibility index (Phi) is 2.07. The van der Waals surface area contributed by atoms with Crippen LogP contribution >= 0.6 is 0 Å². The summed E-state index contributed by atoms with van der Waals surface area (Å²) < 4.78 is 0. The maximum atomic E-state index is 12.3. The van der Waals surface area contributed by atoms with E-state index in [2.05, 4.69) is 22.1 Å². The van der Waals surface area contributed by atoms with E-state index in [4.69, 9.17) is 0 Å². The molecule has 1 N–H and O–H groups in total. The molecule has 0 amide bonds. The molecule has 0 aliphatic heterocycles. The number of rotatable bonds is 0. The van der Waals surface area contributed by atoms with Crippen molar-refractivity contribution < 1.29 is 4.79 Å². The first-order valence-corrected chi connectivity index (χ1v) is 6.69. The van der Waals surface area contributed by atoms with Gasteiger partial charge in [0.25, 0.3) is 0 Å². The largest absolute Gasteiger partial charge is 0.353 e. The molecule has 0 saturated heterocycles. The van der Waals surface area contributed by atoms with Crippen LogP contribution in [-0.4, -0.2) is 15.8 Å². The highest BCUT2D eigenvalue weighted by Crippen LogP contribution is 2.34. The molecule has 2 aromatic heterocycles. The number of fused-ring (bicyclic) bond motifs is 5. The predicted octanol–water partition coefficient (Wildman–Crippen LogP) is 3.54. The Morgan fingerprint density at radius 2 is 2.05 bits per heavy atom. The molecule has 1 aliphatic carbocycles. The van der Waals surface area contributed by atoms with Crippen LogP contribution in [-0.2, 0) is 6.42 Å². The number of nitrogens with one attached hydrogen (secondary N) is 1. The average Bonchev–Trinajstić information content (AvgIpc) is 2.79. The first kappa shape index (κ1) is 10.7. The number of aromatic amines is 1. The third-order valence-corrected chi connectivity index (χ3v) is 4.01. The smallest absolute Gasteiger partial charge is 0.165 e. The van der Waals surface area contributed by atoms with Gasteiger partial charge in [-0.2, -0.15) is 0 Å². The van der Waals surface area contributed by atoms with Gasteiger partial charge in [0.1, 0.15) is 0 Å². The normalized spacial score (nSPS) is 15.1. The molecule has 0 unspecified atom stereocenters. The lowest BCUT2D eigenvalue weighted by molar-refractivity contribution is 0.0973. The first-order valence-electron chi connectivity index (χ1n) is 6.69. The van der Waals surface area contributed by atoms with Crippen LogP contribution in [0.2, 0.25) is 0 Å². The Balaban J connectivity index is 2.27. The molecule has 0 bridgehead atoms. The second-order valence-electron chi connectivity index (χ2n) is 5.22. The van der Waals surface area contributed by atoms with Gasteiger partial charge in [0.15, 0.2) is 5.78 Å². The van der Waals surface area contributed by atoms with Crippen LogP contribution in [0.15, 0.2) is 24.3 Å². The van der Waals surface area contributed by atoms with E-state index in [0.29, 0.717) is 6.42 Å². The lowest BCUT2D eigenvalue weighted by Gasteiger charge is -2.15. The molecule has 4 rings (SSSR count). The predicted molar refractivity (Wildman–Crippen MR) is 75.6 cm³/mol. The molecule has 3 nitrogen and oxygen atoms in total. The minimum atomic E-state index is 0.239. The van der Waals surface area contributed by atoms with Gasteiger partial charge < -0.3 is 4.98 Å². The van der Waals surface area contributed by atoms with Crippen LogP contribution in [0.3, 0.4) is 0 Å². The van der Waals surface area contributed by atoms with Gasteiger partial charge in [-0.15, -0.1) is 0 Å². The van der Waals surface area contributed by atoms with Crippen molar-refractivity contribution in [3.8, 4) is 0 Å². The van der Waals surface area contributed by atoms with Crippen molar-refractivity contribution in [1.29, 1.82) is 0 Å². The molecule has 94 valence electrons. The number of carbonyl (C=O) groups excluding carboxylic acids is 1. The lowest BCUT2D eigenvalue weighted by atomic mass is 9.91. The summed E-state index contributed by atoms with van der Waals surface area (Å²) in [5.41, 5.74) is 4.90. The van der Waals surface area contributed by atoms with E-state index in [1.807, 2.05) is 19.1 Å². The van der Waals surface area contributed by atoms with E-state index in [9.17, 15) is 4.79 Å². The maximum Gasteiger partial charge on any atom is 0.165 e. The molecular weight excluding hydrogens is 236 g/mol. The minimum Gasteiger partial charge on any atom is -0.353 e. The fourth-order valence-corrected chi connectivity index (χ4v) is 3.15. The van der Waals surface area contributed by atoms with Gasteiger partial charge in [0, 0.05) is 28.3 Å². The van der Waals surface area contributed by atoms with Crippen molar-refractivity contribution in [3.05, 3.63) is 41.2 Å². The third kappa shape index (κ3) is 1.38. The lowest BCUT2D eigenvalue weighted by Crippen LogP contribution is -2.13. The first-order chi connectivity index (χ1) is 9.25. The number of Topliss-reactive ketones (excluding diaryl/α,β-unsaturated/α-hetero) is 1. The van der Waals surface area contributed by atoms with Crippen molar-refractivity contribution in [2.45, 2.75) is 26.2 Å². The summed E-state index contributed by atoms with van der Waals surface area (Å²) in [5, 5.41) is 2.21. The van der Waals surface area contributed by atoms with Crippen molar-refractivity contribution >= 4 is 27.6 Å². The number of pyridine rings is 1. The number of benzene rings is 1. The van der Waals surface area contributed by atoms with Crippen molar-refractivity contribution in [3.63, 3.8) is 0 Å². The van der Waals surface area contributed by atoms with Gasteiger partial charge in [-0.1, -0.05) is 18.2 Å². The highest BCUT2D eigenvalue weighted by molar-refractivity contribution is 6.19. The molecular formula is C16H14N2O. The zero-order valence-electron chi connectivity index (χ0n) is 10.8. The Labute approximate surface area is 110 Å². The monoisotopic (exact) mass is 250 g/mol. The fourth-order valence-electron chi connectivity index (χ4n) is 3.15. The number of aromatic nitrogens is 2. The second-order valence-corrected chi connectivity index (χ2v) is 5.22. The van der Waals surface area contributed by atoms with Crippen molar-refractivity contribution in [2.24, 2.45) is 0 Å². The molecule has 0 atom stereocenters. The summed E-state index contributed by atoms with van der Waals surface area (Å²) in [6, 6.07) is 8.16. The molecule has 1 aromatic carbocycles. The van der Waals surface area contributed by atoms with E-state index < -0.39 is 0 Å². The van der Waals surface area contributed by atoms with Gasteiger partial charge >= 0.3 is 0 Å². The summed E-state index contributed by atoms with van der Waals surface area (Å²) >= 11 is 0. The summed E-state index contributed by atoms with van der Waals surface area (Å²) in [5.74, 6) is 0.239. The number of aryl methyl sites for hydroxylation is 2. The molecule has 0 radical (unpaired) electrons. The molecule has 0 saturated carbocycles. The highest BCUT2D eigenvalue weighted by Gasteiger charge is 2.24. The molecule has 0 fully saturated rings. The Morgan fingerprint density at radius 1 is 1.21 bits per heavy atom. The Bertz CT molecular complexity index is 829. The van der Waals surface area contributed by atoms with E-state index in [-0.39, 0.29) is 5.78 Å². The van der Waals surface area contributed by atoms with Gasteiger partial charge in [-0.05, 0) is 25.8 Å². The SMILES string of the molecule is Cc1nc2c(c3c1[nH]c1ccccc13)C(=O)CCC2. The van der Waals surface area contributed by atoms with Crippen LogP contribution in [0, 0.1) is 6.92 Å². The molecule has 1 aliphatic rings. The van der Waals surface area contributed by atoms with Gasteiger partial charge in [0.05, 0.1) is 16.9 Å². The van der Waals surface area contributed by atoms with Crippen molar-refractivity contribution in [2.75, 3.05) is 0 Å². The van der Waals surface area contributed by atoms with E-state index in [1.54, 1.807) is 0 Å². The second kappa shape index (κ2) is 3.67. The summed E-state index contributed by atoms with van der Waals surface area (Å²) in [7, 11) is 0. The Hall–Kier alpha value is -2.16. The third-order valence-electron chi connectivity index (χ3n) is 4.01. The number of carbonyl (C=O) groups is 1. The van der Waals surface area contributed by atoms with Crippen LogP contribution in [0.25, 0.3) is 21.8 Å². The van der Waals surface area contributed by atoms with Gasteiger partial charge in [-0.3, -0.25) is 9.78 Å². The average molecular weight is 250 g/mol. The van der Waals surface area contributed by atoms with Crippen molar-refractivity contribution in [1.82, 2.24) is 9.97 Å². The summed E-state index contributed by atoms with van der Waals surface area (Å²) in [4.78, 5) is 20.3. The van der Waals surface area contributed by atoms with Crippen LogP contribution < -0.4 is 0 Å². The zero-order valence-corrected chi connectivity index (χ0v) is 10.8. The number of hydrogen-bond donors (Lipinski definition) is 1. The number of H-pyrrole nitrogens is 1. The van der Waals surface area contributed by atoms with Gasteiger partial charge in [0.2, 0.25) is 0 Å². The highest BCUT2D eigenvalue weighted by atomic mass is 16.1. The maximum absolute atomic E-state index is 12.3. The molecule has 3 heteroatoms. The standard InChI is InChI=1S/C16H14N2O/c1-9-16-14(10-5-2-3-6-11(10)18-16)15-12(17-9)7-4-8-13(15)19/h2-3,5-6,18H,4,7-8H2,1H3. The molecule has 19 heavy (non-hydrogen) atoms.